The number of hydrogen-bond acceptors (Lipinski definition) is 2. The maximum absolute atomic E-state index is 6.15. The van der Waals surface area contributed by atoms with Crippen molar-refractivity contribution in [3.05, 3.63) is 34.3 Å². The van der Waals surface area contributed by atoms with E-state index in [-0.39, 0.29) is 5.60 Å². The molecule has 1 fully saturated rings. The van der Waals surface area contributed by atoms with Crippen molar-refractivity contribution in [3.63, 3.8) is 0 Å². The van der Waals surface area contributed by atoms with Crippen LogP contribution in [0.25, 0.3) is 0 Å². The van der Waals surface area contributed by atoms with Gasteiger partial charge in [-0.05, 0) is 70.7 Å². The van der Waals surface area contributed by atoms with Crippen molar-refractivity contribution in [3.8, 4) is 0 Å². The molecule has 3 heteroatoms. The lowest BCUT2D eigenvalue weighted by Gasteiger charge is -2.24. The number of nitrogens with one attached hydrogen (secondary N) is 1. The molecule has 1 saturated heterocycles. The molecule has 1 aromatic carbocycles. The Balaban J connectivity index is 1.96. The summed E-state index contributed by atoms with van der Waals surface area (Å²) in [4.78, 5) is 0. The largest absolute Gasteiger partial charge is 0.372 e. The summed E-state index contributed by atoms with van der Waals surface area (Å²) < 4.78 is 7.37. The first-order valence-electron chi connectivity index (χ1n) is 7.56. The molecule has 1 aliphatic rings. The van der Waals surface area contributed by atoms with Gasteiger partial charge in [-0.3, -0.25) is 0 Å². The van der Waals surface area contributed by atoms with Crippen LogP contribution in [0.1, 0.15) is 38.7 Å². The second-order valence-electron chi connectivity index (χ2n) is 6.49. The van der Waals surface area contributed by atoms with Crippen LogP contribution < -0.4 is 5.32 Å². The molecule has 2 atom stereocenters. The molecule has 1 aromatic rings. The van der Waals surface area contributed by atoms with Crippen LogP contribution in [0, 0.1) is 5.92 Å². The van der Waals surface area contributed by atoms with Gasteiger partial charge < -0.3 is 10.1 Å². The first-order valence-corrected chi connectivity index (χ1v) is 8.35. The summed E-state index contributed by atoms with van der Waals surface area (Å²) in [7, 11) is 2.03. The van der Waals surface area contributed by atoms with E-state index in [9.17, 15) is 0 Å². The van der Waals surface area contributed by atoms with E-state index in [4.69, 9.17) is 4.74 Å². The van der Waals surface area contributed by atoms with E-state index in [1.807, 2.05) is 7.05 Å². The van der Waals surface area contributed by atoms with E-state index in [2.05, 4.69) is 59.4 Å². The van der Waals surface area contributed by atoms with Gasteiger partial charge in [0.2, 0.25) is 0 Å². The van der Waals surface area contributed by atoms with Crippen LogP contribution in [0.5, 0.6) is 0 Å². The van der Waals surface area contributed by atoms with Crippen LogP contribution in [0.4, 0.5) is 0 Å². The van der Waals surface area contributed by atoms with Gasteiger partial charge in [0.05, 0.1) is 11.7 Å². The van der Waals surface area contributed by atoms with Crippen molar-refractivity contribution in [2.45, 2.75) is 51.2 Å². The molecule has 0 radical (unpaired) electrons. The number of rotatable bonds is 6. The first-order chi connectivity index (χ1) is 9.50. The molecule has 1 heterocycles. The van der Waals surface area contributed by atoms with Gasteiger partial charge in [0, 0.05) is 4.47 Å². The highest BCUT2D eigenvalue weighted by Crippen LogP contribution is 2.33. The summed E-state index contributed by atoms with van der Waals surface area (Å²) in [6.07, 6.45) is 5.04. The van der Waals surface area contributed by atoms with Gasteiger partial charge in [0.1, 0.15) is 0 Å². The van der Waals surface area contributed by atoms with Gasteiger partial charge >= 0.3 is 0 Å². The van der Waals surface area contributed by atoms with Crippen LogP contribution in [0.3, 0.4) is 0 Å². The Kier molecular flexibility index (Phi) is 5.65. The first kappa shape index (κ1) is 16.0. The van der Waals surface area contributed by atoms with E-state index in [0.717, 1.165) is 19.4 Å². The fourth-order valence-corrected chi connectivity index (χ4v) is 3.56. The molecule has 0 amide bonds. The molecule has 2 rings (SSSR count). The highest BCUT2D eigenvalue weighted by molar-refractivity contribution is 9.10. The maximum atomic E-state index is 6.15. The minimum absolute atomic E-state index is 0.0716. The zero-order chi connectivity index (χ0) is 14.6. The average Bonchev–Trinajstić information content (AvgIpc) is 2.72. The molecule has 0 bridgehead atoms. The van der Waals surface area contributed by atoms with E-state index in [1.165, 1.54) is 22.9 Å². The third-order valence-corrected chi connectivity index (χ3v) is 4.88. The normalized spacial score (nSPS) is 22.9. The summed E-state index contributed by atoms with van der Waals surface area (Å²) >= 11 is 3.66. The third-order valence-electron chi connectivity index (χ3n) is 4.11. The lowest BCUT2D eigenvalue weighted by Crippen LogP contribution is -2.27. The van der Waals surface area contributed by atoms with Gasteiger partial charge in [-0.1, -0.05) is 34.1 Å². The lowest BCUT2D eigenvalue weighted by atomic mass is 9.92. The van der Waals surface area contributed by atoms with E-state index in [0.29, 0.717) is 12.0 Å². The second-order valence-corrected chi connectivity index (χ2v) is 7.35. The van der Waals surface area contributed by atoms with Crippen LogP contribution in [0.2, 0.25) is 0 Å². The summed E-state index contributed by atoms with van der Waals surface area (Å²) in [5.74, 6) is 0.623. The number of ether oxygens (including phenoxy) is 1. The standard InChI is InChI=1S/C17H26BrNO/c1-17(2)9-8-15(20-17)11-13(12-19-3)10-14-6-4-5-7-16(14)18/h4-7,13,15,19H,8-12H2,1-3H3. The van der Waals surface area contributed by atoms with Crippen LogP contribution in [0.15, 0.2) is 28.7 Å². The second kappa shape index (κ2) is 7.06. The topological polar surface area (TPSA) is 21.3 Å². The number of halogens is 1. The summed E-state index contributed by atoms with van der Waals surface area (Å²) in [6.45, 7) is 5.45. The van der Waals surface area contributed by atoms with Gasteiger partial charge in [-0.2, -0.15) is 0 Å². The summed E-state index contributed by atoms with van der Waals surface area (Å²) in [5, 5.41) is 3.33. The molecule has 2 unspecified atom stereocenters. The fraction of sp³-hybridized carbons (Fsp3) is 0.647. The Morgan fingerprint density at radius 1 is 1.40 bits per heavy atom. The Morgan fingerprint density at radius 3 is 2.75 bits per heavy atom. The van der Waals surface area contributed by atoms with Gasteiger partial charge in [0.15, 0.2) is 0 Å². The minimum atomic E-state index is 0.0716. The van der Waals surface area contributed by atoms with Crippen molar-refractivity contribution in [2.24, 2.45) is 5.92 Å². The smallest absolute Gasteiger partial charge is 0.0631 e. The molecule has 20 heavy (non-hydrogen) atoms. The Hall–Kier alpha value is -0.380. The van der Waals surface area contributed by atoms with Crippen LogP contribution in [-0.4, -0.2) is 25.3 Å². The molecule has 1 aliphatic heterocycles. The van der Waals surface area contributed by atoms with Crippen LogP contribution >= 0.6 is 15.9 Å². The Morgan fingerprint density at radius 2 is 2.15 bits per heavy atom. The molecular formula is C17H26BrNO. The number of hydrogen-bond donors (Lipinski definition) is 1. The van der Waals surface area contributed by atoms with E-state index < -0.39 is 0 Å². The predicted molar refractivity (Wildman–Crippen MR) is 88.1 cm³/mol. The van der Waals surface area contributed by atoms with Crippen molar-refractivity contribution in [1.29, 1.82) is 0 Å². The van der Waals surface area contributed by atoms with E-state index in [1.54, 1.807) is 0 Å². The molecule has 0 aliphatic carbocycles. The minimum Gasteiger partial charge on any atom is -0.372 e. The molecular weight excluding hydrogens is 314 g/mol. The van der Waals surface area contributed by atoms with Crippen molar-refractivity contribution < 1.29 is 4.74 Å². The molecule has 1 N–H and O–H groups in total. The Labute approximate surface area is 131 Å². The highest BCUT2D eigenvalue weighted by atomic mass is 79.9. The SMILES string of the molecule is CNCC(Cc1ccccc1Br)CC1CCC(C)(C)O1. The van der Waals surface area contributed by atoms with Crippen molar-refractivity contribution in [1.82, 2.24) is 5.32 Å². The fourth-order valence-electron chi connectivity index (χ4n) is 3.12. The zero-order valence-electron chi connectivity index (χ0n) is 12.8. The molecule has 112 valence electrons. The van der Waals surface area contributed by atoms with Gasteiger partial charge in [-0.25, -0.2) is 0 Å². The highest BCUT2D eigenvalue weighted by Gasteiger charge is 2.32. The molecule has 2 nitrogen and oxygen atoms in total. The predicted octanol–water partition coefficient (Wildman–Crippen LogP) is 4.17. The Bertz CT molecular complexity index is 433. The lowest BCUT2D eigenvalue weighted by molar-refractivity contribution is -0.0244. The molecule has 0 aromatic heterocycles. The van der Waals surface area contributed by atoms with E-state index >= 15 is 0 Å². The molecule has 0 spiro atoms. The van der Waals surface area contributed by atoms with Crippen LogP contribution in [-0.2, 0) is 11.2 Å². The summed E-state index contributed by atoms with van der Waals surface area (Å²) in [5.41, 5.74) is 1.47. The van der Waals surface area contributed by atoms with Gasteiger partial charge in [-0.15, -0.1) is 0 Å². The van der Waals surface area contributed by atoms with Gasteiger partial charge in [0.25, 0.3) is 0 Å². The maximum Gasteiger partial charge on any atom is 0.0631 e. The van der Waals surface area contributed by atoms with Crippen molar-refractivity contribution in [2.75, 3.05) is 13.6 Å². The average molecular weight is 340 g/mol. The molecule has 0 saturated carbocycles. The third kappa shape index (κ3) is 4.57. The monoisotopic (exact) mass is 339 g/mol. The summed E-state index contributed by atoms with van der Waals surface area (Å²) in [6, 6.07) is 8.53. The quantitative estimate of drug-likeness (QED) is 0.839. The van der Waals surface area contributed by atoms with Crippen molar-refractivity contribution >= 4 is 15.9 Å². The zero-order valence-corrected chi connectivity index (χ0v) is 14.4. The number of benzene rings is 1.